The second-order valence-electron chi connectivity index (χ2n) is 6.67. The van der Waals surface area contributed by atoms with Gasteiger partial charge in [-0.15, -0.1) is 5.10 Å². The number of carbonyl (C=O) groups excluding carboxylic acids is 2. The molecule has 1 aromatic carbocycles. The molecule has 1 aromatic heterocycles. The third kappa shape index (κ3) is 3.21. The van der Waals surface area contributed by atoms with Gasteiger partial charge in [0, 0.05) is 6.54 Å². The molecule has 8 nitrogen and oxygen atoms in total. The van der Waals surface area contributed by atoms with E-state index in [4.69, 9.17) is 9.47 Å². The number of benzene rings is 1. The van der Waals surface area contributed by atoms with Crippen LogP contribution in [0.3, 0.4) is 0 Å². The normalized spacial score (nSPS) is 21.7. The highest BCUT2D eigenvalue weighted by molar-refractivity contribution is 5.89. The van der Waals surface area contributed by atoms with E-state index < -0.39 is 12.1 Å². The van der Waals surface area contributed by atoms with E-state index in [0.717, 1.165) is 30.4 Å². The number of esters is 1. The number of aromatic nitrogens is 3. The first kappa shape index (κ1) is 17.7. The lowest BCUT2D eigenvalue weighted by molar-refractivity contribution is -0.146. The smallest absolute Gasteiger partial charge is 0.360 e. The average molecular weight is 370 g/mol. The van der Waals surface area contributed by atoms with Crippen molar-refractivity contribution >= 4 is 11.9 Å². The molecular weight excluding hydrogens is 348 g/mol. The van der Waals surface area contributed by atoms with E-state index in [9.17, 15) is 9.59 Å². The van der Waals surface area contributed by atoms with Gasteiger partial charge in [0.2, 0.25) is 0 Å². The van der Waals surface area contributed by atoms with E-state index in [2.05, 4.69) is 15.4 Å². The number of aromatic amines is 1. The molecule has 0 aliphatic carbocycles. The Balaban J connectivity index is 1.61. The van der Waals surface area contributed by atoms with Crippen LogP contribution in [0.1, 0.15) is 59.2 Å². The van der Waals surface area contributed by atoms with Crippen LogP contribution in [0, 0.1) is 0 Å². The fraction of sp³-hybridized carbons (Fsp3) is 0.474. The predicted octanol–water partition coefficient (Wildman–Crippen LogP) is 1.96. The number of hydrogen-bond donors (Lipinski definition) is 1. The summed E-state index contributed by atoms with van der Waals surface area (Å²) in [5.41, 5.74) is 2.67. The Labute approximate surface area is 156 Å². The molecule has 3 heterocycles. The summed E-state index contributed by atoms with van der Waals surface area (Å²) in [6, 6.07) is 7.57. The lowest BCUT2D eigenvalue weighted by atomic mass is 9.96. The Kier molecular flexibility index (Phi) is 4.89. The Morgan fingerprint density at radius 3 is 3.04 bits per heavy atom. The number of hydrogen-bond acceptors (Lipinski definition) is 6. The topological polar surface area (TPSA) is 97.4 Å². The Bertz CT molecular complexity index is 850. The summed E-state index contributed by atoms with van der Waals surface area (Å²) < 4.78 is 10.9. The quantitative estimate of drug-likeness (QED) is 0.827. The predicted molar refractivity (Wildman–Crippen MR) is 94.9 cm³/mol. The van der Waals surface area contributed by atoms with Crippen LogP contribution in [-0.2, 0) is 20.7 Å². The molecule has 2 aliphatic rings. The van der Waals surface area contributed by atoms with E-state index in [0.29, 0.717) is 18.8 Å². The van der Waals surface area contributed by atoms with E-state index >= 15 is 0 Å². The average Bonchev–Trinajstić information content (AvgIpc) is 3.36. The molecule has 2 atom stereocenters. The molecule has 4 rings (SSSR count). The van der Waals surface area contributed by atoms with Crippen molar-refractivity contribution in [3.8, 4) is 0 Å². The van der Waals surface area contributed by atoms with E-state index in [-0.39, 0.29) is 24.2 Å². The van der Waals surface area contributed by atoms with Crippen LogP contribution in [0.4, 0.5) is 0 Å². The molecule has 1 fully saturated rings. The molecule has 2 aromatic rings. The largest absolute Gasteiger partial charge is 0.461 e. The molecule has 0 radical (unpaired) electrons. The number of amides is 1. The molecule has 27 heavy (non-hydrogen) atoms. The minimum absolute atomic E-state index is 0.0949. The third-order valence-corrected chi connectivity index (χ3v) is 5.11. The maximum Gasteiger partial charge on any atom is 0.360 e. The number of nitrogens with zero attached hydrogens (tertiary/aromatic N) is 3. The van der Waals surface area contributed by atoms with Gasteiger partial charge in [0.25, 0.3) is 5.91 Å². The molecule has 0 spiro atoms. The monoisotopic (exact) mass is 370 g/mol. The molecule has 0 saturated carbocycles. The van der Waals surface area contributed by atoms with Gasteiger partial charge in [0.1, 0.15) is 5.69 Å². The SMILES string of the molecule is CCOC(=O)c1n[nH]nc1C1CCCN1C(=O)C1OCCc2ccccc21. The van der Waals surface area contributed by atoms with Crippen LogP contribution < -0.4 is 0 Å². The number of rotatable bonds is 4. The van der Waals surface area contributed by atoms with Crippen molar-refractivity contribution in [2.45, 2.75) is 38.3 Å². The zero-order chi connectivity index (χ0) is 18.8. The first-order chi connectivity index (χ1) is 13.2. The molecule has 0 bridgehead atoms. The minimum Gasteiger partial charge on any atom is -0.461 e. The van der Waals surface area contributed by atoms with E-state index in [1.165, 1.54) is 0 Å². The molecular formula is C19H22N4O4. The molecule has 2 unspecified atom stereocenters. The van der Waals surface area contributed by atoms with Crippen LogP contribution in [0.5, 0.6) is 0 Å². The highest BCUT2D eigenvalue weighted by atomic mass is 16.5. The van der Waals surface area contributed by atoms with Crippen LogP contribution in [0.2, 0.25) is 0 Å². The maximum atomic E-state index is 13.3. The van der Waals surface area contributed by atoms with Crippen LogP contribution in [0.15, 0.2) is 24.3 Å². The van der Waals surface area contributed by atoms with Gasteiger partial charge < -0.3 is 14.4 Å². The molecule has 142 valence electrons. The van der Waals surface area contributed by atoms with E-state index in [1.807, 2.05) is 24.3 Å². The Morgan fingerprint density at radius 2 is 2.19 bits per heavy atom. The number of carbonyl (C=O) groups is 2. The second kappa shape index (κ2) is 7.48. The van der Waals surface area contributed by atoms with Gasteiger partial charge in [0.05, 0.1) is 19.3 Å². The first-order valence-electron chi connectivity index (χ1n) is 9.28. The molecule has 1 amide bonds. The van der Waals surface area contributed by atoms with Crippen molar-refractivity contribution in [1.82, 2.24) is 20.3 Å². The van der Waals surface area contributed by atoms with Gasteiger partial charge in [-0.1, -0.05) is 24.3 Å². The minimum atomic E-state index is -0.617. The summed E-state index contributed by atoms with van der Waals surface area (Å²) in [6.45, 7) is 3.11. The van der Waals surface area contributed by atoms with Crippen LogP contribution in [-0.4, -0.2) is 51.9 Å². The third-order valence-electron chi connectivity index (χ3n) is 5.11. The molecule has 1 saturated heterocycles. The number of likely N-dealkylation sites (tertiary alicyclic amines) is 1. The number of H-pyrrole nitrogens is 1. The molecule has 8 heteroatoms. The summed E-state index contributed by atoms with van der Waals surface area (Å²) in [4.78, 5) is 27.2. The van der Waals surface area contributed by atoms with Gasteiger partial charge in [-0.2, -0.15) is 10.3 Å². The number of nitrogens with one attached hydrogen (secondary N) is 1. The standard InChI is InChI=1S/C19H22N4O4/c1-2-26-19(25)16-15(20-22-21-16)14-8-5-10-23(14)18(24)17-13-7-4-3-6-12(13)9-11-27-17/h3-4,6-7,14,17H,2,5,8-11H2,1H3,(H,20,21,22). The van der Waals surface area contributed by atoms with Crippen molar-refractivity contribution in [2.24, 2.45) is 0 Å². The van der Waals surface area contributed by atoms with Crippen LogP contribution >= 0.6 is 0 Å². The highest BCUT2D eigenvalue weighted by Crippen LogP contribution is 2.37. The lowest BCUT2D eigenvalue weighted by Crippen LogP contribution is -2.38. The molecule has 1 N–H and O–H groups in total. The lowest BCUT2D eigenvalue weighted by Gasteiger charge is -2.31. The zero-order valence-corrected chi connectivity index (χ0v) is 15.2. The van der Waals surface area contributed by atoms with Gasteiger partial charge in [-0.05, 0) is 37.3 Å². The Morgan fingerprint density at radius 1 is 1.33 bits per heavy atom. The Hall–Kier alpha value is -2.74. The van der Waals surface area contributed by atoms with Crippen LogP contribution in [0.25, 0.3) is 0 Å². The summed E-state index contributed by atoms with van der Waals surface area (Å²) >= 11 is 0. The fourth-order valence-electron chi connectivity index (χ4n) is 3.88. The van der Waals surface area contributed by atoms with Crippen molar-refractivity contribution in [3.63, 3.8) is 0 Å². The van der Waals surface area contributed by atoms with Crippen molar-refractivity contribution in [1.29, 1.82) is 0 Å². The van der Waals surface area contributed by atoms with Crippen molar-refractivity contribution in [3.05, 3.63) is 46.8 Å². The van der Waals surface area contributed by atoms with Gasteiger partial charge in [0.15, 0.2) is 11.8 Å². The van der Waals surface area contributed by atoms with Gasteiger partial charge in [-0.3, -0.25) is 4.79 Å². The summed E-state index contributed by atoms with van der Waals surface area (Å²) in [6.07, 6.45) is 1.74. The maximum absolute atomic E-state index is 13.3. The summed E-state index contributed by atoms with van der Waals surface area (Å²) in [5.74, 6) is -0.623. The molecule has 2 aliphatic heterocycles. The first-order valence-corrected chi connectivity index (χ1v) is 9.28. The number of ether oxygens (including phenoxy) is 2. The van der Waals surface area contributed by atoms with Crippen molar-refractivity contribution < 1.29 is 19.1 Å². The van der Waals surface area contributed by atoms with Gasteiger partial charge >= 0.3 is 5.97 Å². The van der Waals surface area contributed by atoms with Gasteiger partial charge in [-0.25, -0.2) is 4.79 Å². The van der Waals surface area contributed by atoms with Crippen molar-refractivity contribution in [2.75, 3.05) is 19.8 Å². The summed E-state index contributed by atoms with van der Waals surface area (Å²) in [5, 5.41) is 10.6. The summed E-state index contributed by atoms with van der Waals surface area (Å²) in [7, 11) is 0. The fourth-order valence-corrected chi connectivity index (χ4v) is 3.88. The van der Waals surface area contributed by atoms with E-state index in [1.54, 1.807) is 11.8 Å². The number of fused-ring (bicyclic) bond motifs is 1. The zero-order valence-electron chi connectivity index (χ0n) is 15.2. The highest BCUT2D eigenvalue weighted by Gasteiger charge is 2.40. The second-order valence-corrected chi connectivity index (χ2v) is 6.67.